The van der Waals surface area contributed by atoms with Crippen LogP contribution >= 0.6 is 0 Å². The highest BCUT2D eigenvalue weighted by atomic mass is 14.6. The minimum atomic E-state index is 0.344. The Morgan fingerprint density at radius 1 is 1.07 bits per heavy atom. The Morgan fingerprint density at radius 3 is 1.73 bits per heavy atom. The lowest BCUT2D eigenvalue weighted by atomic mass is 9.42. The molecule has 1 rings (SSSR count). The van der Waals surface area contributed by atoms with Crippen molar-refractivity contribution in [3.63, 3.8) is 0 Å². The summed E-state index contributed by atoms with van der Waals surface area (Å²) in [6, 6.07) is 2.31. The zero-order valence-corrected chi connectivity index (χ0v) is 11.1. The van der Waals surface area contributed by atoms with Gasteiger partial charge in [-0.15, -0.1) is 0 Å². The van der Waals surface area contributed by atoms with Crippen LogP contribution in [0.25, 0.3) is 0 Å². The van der Waals surface area contributed by atoms with Crippen LogP contribution in [-0.4, -0.2) is 0 Å². The molecule has 0 N–H and O–H groups in total. The molecule has 0 atom stereocenters. The summed E-state index contributed by atoms with van der Waals surface area (Å²) < 4.78 is 0. The van der Waals surface area contributed by atoms with E-state index in [1.165, 1.54) is 12.8 Å². The molecular weight excluding hydrogens is 182 g/mol. The van der Waals surface area contributed by atoms with Gasteiger partial charge in [-0.25, -0.2) is 0 Å². The Bertz CT molecular complexity index is 247. The third kappa shape index (κ3) is 1.92. The molecule has 1 saturated carbocycles. The summed E-state index contributed by atoms with van der Waals surface area (Å²) >= 11 is 0. The Hall–Kier alpha value is -0.510. The number of rotatable bonds is 1. The van der Waals surface area contributed by atoms with E-state index < -0.39 is 0 Å². The van der Waals surface area contributed by atoms with Gasteiger partial charge in [0.15, 0.2) is 0 Å². The largest absolute Gasteiger partial charge is 0.198 e. The number of hydrogen-bond acceptors (Lipinski definition) is 1. The maximum Gasteiger partial charge on any atom is 0.0624 e. The summed E-state index contributed by atoms with van der Waals surface area (Å²) in [6.45, 7) is 14.1. The normalized spacial score (nSPS) is 21.9. The van der Waals surface area contributed by atoms with E-state index in [0.29, 0.717) is 22.2 Å². The highest BCUT2D eigenvalue weighted by molar-refractivity contribution is 5.08. The van der Waals surface area contributed by atoms with E-state index >= 15 is 0 Å². The Balaban J connectivity index is 2.84. The summed E-state index contributed by atoms with van der Waals surface area (Å²) in [5.74, 6) is 0.647. The maximum absolute atomic E-state index is 8.73. The summed E-state index contributed by atoms with van der Waals surface area (Å²) in [7, 11) is 0. The molecule has 0 aromatic rings. The van der Waals surface area contributed by atoms with Crippen LogP contribution in [0.1, 0.15) is 60.8 Å². The van der Waals surface area contributed by atoms with Gasteiger partial charge in [0.25, 0.3) is 0 Å². The van der Waals surface area contributed by atoms with E-state index in [9.17, 15) is 0 Å². The Morgan fingerprint density at radius 2 is 1.47 bits per heavy atom. The molecule has 0 radical (unpaired) electrons. The SMILES string of the molecule is CC(C)(C)C1(C(C)(C)C)CC(CC#N)C1. The molecule has 1 fully saturated rings. The smallest absolute Gasteiger partial charge is 0.0624 e. The van der Waals surface area contributed by atoms with Gasteiger partial charge in [-0.1, -0.05) is 41.5 Å². The summed E-state index contributed by atoms with van der Waals surface area (Å²) in [5.41, 5.74) is 1.11. The van der Waals surface area contributed by atoms with Gasteiger partial charge < -0.3 is 0 Å². The van der Waals surface area contributed by atoms with Crippen LogP contribution < -0.4 is 0 Å². The average molecular weight is 207 g/mol. The van der Waals surface area contributed by atoms with E-state index in [1.54, 1.807) is 0 Å². The fourth-order valence-electron chi connectivity index (χ4n) is 3.55. The Labute approximate surface area is 94.9 Å². The van der Waals surface area contributed by atoms with E-state index in [0.717, 1.165) is 6.42 Å². The van der Waals surface area contributed by atoms with Crippen molar-refractivity contribution in [2.24, 2.45) is 22.2 Å². The molecule has 0 heterocycles. The topological polar surface area (TPSA) is 23.8 Å². The maximum atomic E-state index is 8.73. The van der Waals surface area contributed by atoms with Gasteiger partial charge in [0.1, 0.15) is 0 Å². The first-order valence-corrected chi connectivity index (χ1v) is 6.01. The van der Waals surface area contributed by atoms with Crippen LogP contribution in [-0.2, 0) is 0 Å². The molecule has 15 heavy (non-hydrogen) atoms. The lowest BCUT2D eigenvalue weighted by Gasteiger charge is -2.63. The highest BCUT2D eigenvalue weighted by Gasteiger charge is 2.57. The van der Waals surface area contributed by atoms with Crippen molar-refractivity contribution < 1.29 is 0 Å². The van der Waals surface area contributed by atoms with E-state index in [4.69, 9.17) is 5.26 Å². The second kappa shape index (κ2) is 3.51. The van der Waals surface area contributed by atoms with Crippen molar-refractivity contribution in [1.82, 2.24) is 0 Å². The van der Waals surface area contributed by atoms with Crippen molar-refractivity contribution in [2.45, 2.75) is 60.8 Å². The van der Waals surface area contributed by atoms with E-state index in [1.807, 2.05) is 0 Å². The summed E-state index contributed by atoms with van der Waals surface area (Å²) in [6.07, 6.45) is 3.20. The first-order valence-electron chi connectivity index (χ1n) is 6.01. The molecule has 1 nitrogen and oxygen atoms in total. The molecule has 0 unspecified atom stereocenters. The highest BCUT2D eigenvalue weighted by Crippen LogP contribution is 2.65. The molecule has 1 aliphatic rings. The number of nitriles is 1. The fraction of sp³-hybridized carbons (Fsp3) is 0.929. The lowest BCUT2D eigenvalue weighted by Crippen LogP contribution is -2.54. The van der Waals surface area contributed by atoms with Crippen LogP contribution in [0.4, 0.5) is 0 Å². The van der Waals surface area contributed by atoms with Crippen molar-refractivity contribution in [3.05, 3.63) is 0 Å². The van der Waals surface area contributed by atoms with Gasteiger partial charge in [-0.2, -0.15) is 5.26 Å². The van der Waals surface area contributed by atoms with Crippen LogP contribution in [0.3, 0.4) is 0 Å². The number of nitrogens with zero attached hydrogens (tertiary/aromatic N) is 1. The van der Waals surface area contributed by atoms with Crippen molar-refractivity contribution in [2.75, 3.05) is 0 Å². The molecule has 0 saturated heterocycles. The van der Waals surface area contributed by atoms with Crippen LogP contribution in [0.2, 0.25) is 0 Å². The first-order chi connectivity index (χ1) is 6.64. The van der Waals surface area contributed by atoms with Gasteiger partial charge in [0, 0.05) is 6.42 Å². The van der Waals surface area contributed by atoms with Crippen molar-refractivity contribution in [1.29, 1.82) is 5.26 Å². The minimum absolute atomic E-state index is 0.344. The molecule has 1 aliphatic carbocycles. The van der Waals surface area contributed by atoms with Crippen molar-refractivity contribution >= 4 is 0 Å². The molecule has 0 spiro atoms. The average Bonchev–Trinajstić information content (AvgIpc) is 1.89. The van der Waals surface area contributed by atoms with Gasteiger partial charge in [0.2, 0.25) is 0 Å². The number of hydrogen-bond donors (Lipinski definition) is 0. The Kier molecular flexibility index (Phi) is 2.94. The fourth-order valence-corrected chi connectivity index (χ4v) is 3.55. The standard InChI is InChI=1S/C14H25N/c1-12(2,3)14(13(4,5)6)9-11(10-14)7-8-15/h11H,7,9-10H2,1-6H3. The predicted molar refractivity (Wildman–Crippen MR) is 64.3 cm³/mol. The van der Waals surface area contributed by atoms with Crippen molar-refractivity contribution in [3.8, 4) is 6.07 Å². The second-order valence-electron chi connectivity index (χ2n) is 7.22. The molecule has 1 heteroatoms. The quantitative estimate of drug-likeness (QED) is 0.625. The van der Waals surface area contributed by atoms with E-state index in [2.05, 4.69) is 47.6 Å². The third-order valence-electron chi connectivity index (χ3n) is 4.53. The van der Waals surface area contributed by atoms with Gasteiger partial charge in [0.05, 0.1) is 6.07 Å². The van der Waals surface area contributed by atoms with Crippen LogP contribution in [0.15, 0.2) is 0 Å². The molecular formula is C14H25N. The van der Waals surface area contributed by atoms with Gasteiger partial charge >= 0.3 is 0 Å². The monoisotopic (exact) mass is 207 g/mol. The van der Waals surface area contributed by atoms with Gasteiger partial charge in [-0.05, 0) is 35.0 Å². The second-order valence-corrected chi connectivity index (χ2v) is 7.22. The molecule has 86 valence electrons. The van der Waals surface area contributed by atoms with Crippen LogP contribution in [0.5, 0.6) is 0 Å². The summed E-state index contributed by atoms with van der Waals surface area (Å²) in [4.78, 5) is 0. The molecule has 0 bridgehead atoms. The third-order valence-corrected chi connectivity index (χ3v) is 4.53. The molecule has 0 amide bonds. The lowest BCUT2D eigenvalue weighted by molar-refractivity contribution is -0.134. The zero-order chi connectivity index (χ0) is 11.9. The summed E-state index contributed by atoms with van der Waals surface area (Å²) in [5, 5.41) is 8.73. The first kappa shape index (κ1) is 12.6. The predicted octanol–water partition coefficient (Wildman–Crippen LogP) is 4.39. The van der Waals surface area contributed by atoms with Gasteiger partial charge in [-0.3, -0.25) is 0 Å². The molecule has 0 aliphatic heterocycles. The van der Waals surface area contributed by atoms with Crippen LogP contribution in [0, 0.1) is 33.5 Å². The molecule has 0 aromatic heterocycles. The molecule has 0 aromatic carbocycles. The van der Waals surface area contributed by atoms with E-state index in [-0.39, 0.29) is 0 Å². The minimum Gasteiger partial charge on any atom is -0.198 e. The zero-order valence-electron chi connectivity index (χ0n) is 11.1.